The van der Waals surface area contributed by atoms with Crippen LogP contribution < -0.4 is 39.3 Å². The van der Waals surface area contributed by atoms with Gasteiger partial charge in [0.05, 0.1) is 30.8 Å². The van der Waals surface area contributed by atoms with E-state index in [0.717, 1.165) is 0 Å². The predicted molar refractivity (Wildman–Crippen MR) is 193 cm³/mol. The van der Waals surface area contributed by atoms with Crippen LogP contribution in [0.5, 0.6) is 0 Å². The lowest BCUT2D eigenvalue weighted by molar-refractivity contribution is -0.283. The smallest absolute Gasteiger partial charge is 0.254 e. The fourth-order valence-electron chi connectivity index (χ4n) is 6.94. The Kier molecular flexibility index (Phi) is 14.0. The first kappa shape index (κ1) is 43.8. The molecule has 0 spiro atoms. The summed E-state index contributed by atoms with van der Waals surface area (Å²) >= 11 is 0. The third-order valence-corrected chi connectivity index (χ3v) is 16.0. The Labute approximate surface area is 316 Å². The molecule has 312 valence electrons. The molecular weight excluding hydrogens is 730 g/mol. The van der Waals surface area contributed by atoms with Crippen molar-refractivity contribution in [1.82, 2.24) is 10.6 Å². The standard InChI is InChI=1S/C33H63N7O13Si/c1-32(2,3)54(4,5)53-27-25(51-29-20(38)23(44)22(43)18(10-35)48-29)19(11-41)49-30(27)52-26-21(42)17(40-31(45)33(46)12-39-13-33)8-16(37)24(26)50-28-15(36)7-6-14(9-34)47-28/h6-7,14-30,39,41-44,46H,8-13,34-38H2,1-5H3,(H,40,45)/t14-,15+,16-,17+,18-,19+,20+,21-,22+,23+,24+,25+,26+,27+,28+,29+,30-/m0/s1. The SMILES string of the molecule is CC(C)(C)[Si](C)(C)O[C@H]1[C@H](O[C@@H]2[C@@H](O)[C@H](NC(=O)C3(O)CNC3)C[C@H](N)[C@H]2O[C@H]2O[C@H](CN)C=C[C@H]2N)O[C@H](CO)[C@H]1O[C@H]1O[C@@H](CN)[C@@H](O)[C@H](O)[C@H]1N. The van der Waals surface area contributed by atoms with Crippen molar-refractivity contribution in [3.05, 3.63) is 12.2 Å². The van der Waals surface area contributed by atoms with E-state index in [9.17, 15) is 30.3 Å². The number of ether oxygens (including phenoxy) is 6. The van der Waals surface area contributed by atoms with Gasteiger partial charge in [-0.05, 0) is 24.6 Å². The Morgan fingerprint density at radius 2 is 1.50 bits per heavy atom. The highest BCUT2D eigenvalue weighted by Crippen LogP contribution is 2.42. The Hall–Kier alpha value is -1.29. The van der Waals surface area contributed by atoms with Crippen molar-refractivity contribution in [3.63, 3.8) is 0 Å². The van der Waals surface area contributed by atoms with Crippen LogP contribution in [0.3, 0.4) is 0 Å². The Bertz CT molecular complexity index is 1300. The zero-order chi connectivity index (χ0) is 39.9. The summed E-state index contributed by atoms with van der Waals surface area (Å²) in [4.78, 5) is 13.1. The van der Waals surface area contributed by atoms with Gasteiger partial charge >= 0.3 is 0 Å². The average molecular weight is 794 g/mol. The van der Waals surface area contributed by atoms with Crippen LogP contribution in [0.2, 0.25) is 18.1 Å². The van der Waals surface area contributed by atoms with Gasteiger partial charge in [0.1, 0.15) is 54.9 Å². The molecule has 17 N–H and O–H groups in total. The fourth-order valence-corrected chi connectivity index (χ4v) is 8.22. The highest BCUT2D eigenvalue weighted by Gasteiger charge is 2.57. The summed E-state index contributed by atoms with van der Waals surface area (Å²) in [6, 6.07) is -3.83. The maximum absolute atomic E-state index is 13.1. The molecule has 3 saturated heterocycles. The van der Waals surface area contributed by atoms with Gasteiger partial charge in [-0.2, -0.15) is 0 Å². The molecule has 4 fully saturated rings. The van der Waals surface area contributed by atoms with Crippen LogP contribution in [0.1, 0.15) is 27.2 Å². The van der Waals surface area contributed by atoms with Crippen LogP contribution in [-0.2, 0) is 37.6 Å². The molecule has 0 radical (unpaired) electrons. The van der Waals surface area contributed by atoms with Gasteiger partial charge in [0.15, 0.2) is 32.8 Å². The van der Waals surface area contributed by atoms with Crippen LogP contribution in [0.4, 0.5) is 0 Å². The molecule has 17 atom stereocenters. The van der Waals surface area contributed by atoms with Crippen LogP contribution in [-0.4, -0.2) is 182 Å². The molecule has 0 aromatic rings. The number of carbonyl (C=O) groups is 1. The van der Waals surface area contributed by atoms with Gasteiger partial charge in [-0.25, -0.2) is 0 Å². The zero-order valence-electron chi connectivity index (χ0n) is 31.6. The molecule has 21 heteroatoms. The zero-order valence-corrected chi connectivity index (χ0v) is 32.6. The van der Waals surface area contributed by atoms with Crippen molar-refractivity contribution < 1.29 is 63.2 Å². The molecule has 1 saturated carbocycles. The van der Waals surface area contributed by atoms with Crippen molar-refractivity contribution in [2.75, 3.05) is 32.8 Å². The normalized spacial score (nSPS) is 44.2. The summed E-state index contributed by atoms with van der Waals surface area (Å²) in [5.74, 6) is -0.693. The van der Waals surface area contributed by atoms with Gasteiger partial charge in [-0.15, -0.1) is 0 Å². The molecule has 0 aromatic heterocycles. The summed E-state index contributed by atoms with van der Waals surface area (Å²) in [7, 11) is -2.72. The van der Waals surface area contributed by atoms with E-state index in [1.54, 1.807) is 12.2 Å². The van der Waals surface area contributed by atoms with Crippen LogP contribution in [0.25, 0.3) is 0 Å². The second kappa shape index (κ2) is 17.3. The summed E-state index contributed by atoms with van der Waals surface area (Å²) < 4.78 is 44.4. The second-order valence-electron chi connectivity index (χ2n) is 16.6. The van der Waals surface area contributed by atoms with Gasteiger partial charge in [-0.3, -0.25) is 4.79 Å². The maximum Gasteiger partial charge on any atom is 0.254 e. The molecule has 1 amide bonds. The van der Waals surface area contributed by atoms with E-state index in [4.69, 9.17) is 61.5 Å². The summed E-state index contributed by atoms with van der Waals surface area (Å²) in [5.41, 5.74) is 29.3. The number of rotatable bonds is 13. The lowest BCUT2D eigenvalue weighted by atomic mass is 9.83. The van der Waals surface area contributed by atoms with Crippen molar-refractivity contribution in [1.29, 1.82) is 0 Å². The molecule has 5 aliphatic rings. The Balaban J connectivity index is 1.48. The number of aliphatic hydroxyl groups excluding tert-OH is 4. The van der Waals surface area contributed by atoms with Gasteiger partial charge in [0, 0.05) is 32.2 Å². The first-order valence-electron chi connectivity index (χ1n) is 18.6. The molecule has 54 heavy (non-hydrogen) atoms. The van der Waals surface area contributed by atoms with E-state index in [-0.39, 0.29) is 37.6 Å². The van der Waals surface area contributed by atoms with Crippen LogP contribution in [0, 0.1) is 0 Å². The first-order valence-corrected chi connectivity index (χ1v) is 21.5. The molecule has 0 unspecified atom stereocenters. The van der Waals surface area contributed by atoms with E-state index >= 15 is 0 Å². The largest absolute Gasteiger partial charge is 0.406 e. The third kappa shape index (κ3) is 9.04. The molecule has 0 bridgehead atoms. The van der Waals surface area contributed by atoms with Gasteiger partial charge in [0.25, 0.3) is 5.91 Å². The average Bonchev–Trinajstić information content (AvgIpc) is 3.41. The number of aliphatic hydroxyl groups is 5. The van der Waals surface area contributed by atoms with E-state index in [0.29, 0.717) is 0 Å². The molecule has 1 aliphatic carbocycles. The topological polar surface area (TPSA) is 337 Å². The Morgan fingerprint density at radius 1 is 0.870 bits per heavy atom. The fraction of sp³-hybridized carbons (Fsp3) is 0.909. The molecule has 4 aliphatic heterocycles. The Morgan fingerprint density at radius 3 is 2.07 bits per heavy atom. The number of hydrogen-bond donors (Lipinski definition) is 12. The molecule has 0 aromatic carbocycles. The molecule has 4 heterocycles. The van der Waals surface area contributed by atoms with E-state index in [2.05, 4.69) is 10.6 Å². The predicted octanol–water partition coefficient (Wildman–Crippen LogP) is -5.54. The molecule has 20 nitrogen and oxygen atoms in total. The summed E-state index contributed by atoms with van der Waals surface area (Å²) in [6.07, 6.45) is -11.9. The summed E-state index contributed by atoms with van der Waals surface area (Å²) in [6.45, 7) is 9.56. The lowest BCUT2D eigenvalue weighted by Gasteiger charge is -2.47. The van der Waals surface area contributed by atoms with Crippen molar-refractivity contribution in [2.45, 2.75) is 155 Å². The van der Waals surface area contributed by atoms with E-state index in [1.165, 1.54) is 0 Å². The second-order valence-corrected chi connectivity index (χ2v) is 21.3. The number of hydrogen-bond acceptors (Lipinski definition) is 19. The number of carbonyl (C=O) groups excluding carboxylic acids is 1. The minimum Gasteiger partial charge on any atom is -0.406 e. The van der Waals surface area contributed by atoms with E-state index < -0.39 is 131 Å². The lowest BCUT2D eigenvalue weighted by Crippen LogP contribution is -2.71. The molecular formula is C33H63N7O13Si. The number of amides is 1. The number of β-amino-alcohol motifs (C(OH)–C–C–N with tert-alkyl or cyclic N) is 1. The van der Waals surface area contributed by atoms with Gasteiger partial charge < -0.3 is 97.7 Å². The third-order valence-electron chi connectivity index (χ3n) is 11.5. The highest BCUT2D eigenvalue weighted by molar-refractivity contribution is 6.74. The molecule has 5 rings (SSSR count). The first-order chi connectivity index (χ1) is 25.2. The van der Waals surface area contributed by atoms with Crippen molar-refractivity contribution in [3.8, 4) is 0 Å². The van der Waals surface area contributed by atoms with Crippen molar-refractivity contribution in [2.24, 2.45) is 28.7 Å². The summed E-state index contributed by atoms with van der Waals surface area (Å²) in [5, 5.41) is 59.7. The monoisotopic (exact) mass is 793 g/mol. The van der Waals surface area contributed by atoms with Crippen molar-refractivity contribution >= 4 is 14.2 Å². The number of nitrogens with two attached hydrogens (primary N) is 5. The van der Waals surface area contributed by atoms with Crippen LogP contribution in [0.15, 0.2) is 12.2 Å². The van der Waals surface area contributed by atoms with Gasteiger partial charge in [0.2, 0.25) is 0 Å². The highest BCUT2D eigenvalue weighted by atomic mass is 28.4. The minimum atomic E-state index is -2.72. The minimum absolute atomic E-state index is 0.0207. The van der Waals surface area contributed by atoms with E-state index in [1.807, 2.05) is 33.9 Å². The maximum atomic E-state index is 13.1. The van der Waals surface area contributed by atoms with Crippen LogP contribution >= 0.6 is 0 Å². The van der Waals surface area contributed by atoms with Gasteiger partial charge in [-0.1, -0.05) is 32.9 Å². The quantitative estimate of drug-likeness (QED) is 0.0611. The number of nitrogens with one attached hydrogen (secondary N) is 2.